The topological polar surface area (TPSA) is 136 Å². The van der Waals surface area contributed by atoms with E-state index in [9.17, 15) is 19.5 Å². The highest BCUT2D eigenvalue weighted by molar-refractivity contribution is 5.83. The first-order valence-electron chi connectivity index (χ1n) is 6.58. The van der Waals surface area contributed by atoms with Gasteiger partial charge in [-0.2, -0.15) is 0 Å². The highest BCUT2D eigenvalue weighted by Gasteiger charge is 2.24. The molecule has 1 aliphatic carbocycles. The van der Waals surface area contributed by atoms with Crippen LogP contribution in [0.3, 0.4) is 0 Å². The molecule has 0 aromatic carbocycles. The van der Waals surface area contributed by atoms with Gasteiger partial charge in [0.25, 0.3) is 0 Å². The number of amides is 2. The van der Waals surface area contributed by atoms with Gasteiger partial charge in [-0.15, -0.1) is 0 Å². The van der Waals surface area contributed by atoms with Gasteiger partial charge in [-0.25, -0.2) is 9.59 Å². The minimum Gasteiger partial charge on any atom is -0.481 e. The fourth-order valence-corrected chi connectivity index (χ4v) is 2.13. The minimum atomic E-state index is -1.26. The quantitative estimate of drug-likeness (QED) is 0.463. The maximum absolute atomic E-state index is 11.7. The third kappa shape index (κ3) is 5.87. The number of carbonyl (C=O) groups is 3. The zero-order valence-electron chi connectivity index (χ0n) is 11.0. The molecule has 0 spiro atoms. The van der Waals surface area contributed by atoms with Gasteiger partial charge in [0.05, 0.1) is 6.10 Å². The molecular weight excluding hydrogens is 268 g/mol. The molecule has 0 bridgehead atoms. The molecule has 0 heterocycles. The smallest absolute Gasteiger partial charge is 0.326 e. The van der Waals surface area contributed by atoms with Gasteiger partial charge in [-0.3, -0.25) is 4.79 Å². The van der Waals surface area contributed by atoms with Crippen LogP contribution in [0.1, 0.15) is 38.5 Å². The minimum absolute atomic E-state index is 0.0904. The summed E-state index contributed by atoms with van der Waals surface area (Å²) in [4.78, 5) is 33.0. The van der Waals surface area contributed by atoms with E-state index in [1.165, 1.54) is 0 Å². The number of aliphatic hydroxyl groups is 1. The average Bonchev–Trinajstić information content (AvgIpc) is 2.36. The number of carboxylic acid groups (broad SMARTS) is 2. The molecule has 0 aromatic rings. The molecule has 0 unspecified atom stereocenters. The Balaban J connectivity index is 2.37. The van der Waals surface area contributed by atoms with E-state index in [1.807, 2.05) is 0 Å². The van der Waals surface area contributed by atoms with Gasteiger partial charge in [0.2, 0.25) is 0 Å². The van der Waals surface area contributed by atoms with E-state index >= 15 is 0 Å². The summed E-state index contributed by atoms with van der Waals surface area (Å²) in [5.74, 6) is -2.37. The number of hydrogen-bond donors (Lipinski definition) is 5. The molecule has 1 fully saturated rings. The zero-order valence-corrected chi connectivity index (χ0v) is 11.0. The van der Waals surface area contributed by atoms with E-state index < -0.39 is 24.0 Å². The van der Waals surface area contributed by atoms with Crippen molar-refractivity contribution in [3.05, 3.63) is 0 Å². The summed E-state index contributed by atoms with van der Waals surface area (Å²) in [7, 11) is 0. The molecule has 0 radical (unpaired) electrons. The van der Waals surface area contributed by atoms with Crippen molar-refractivity contribution in [2.75, 3.05) is 0 Å². The molecule has 0 saturated heterocycles. The molecule has 1 saturated carbocycles. The van der Waals surface area contributed by atoms with E-state index in [2.05, 4.69) is 10.6 Å². The van der Waals surface area contributed by atoms with Crippen molar-refractivity contribution >= 4 is 18.0 Å². The summed E-state index contributed by atoms with van der Waals surface area (Å²) in [6, 6.07) is -1.93. The van der Waals surface area contributed by atoms with Crippen LogP contribution in [0.5, 0.6) is 0 Å². The Morgan fingerprint density at radius 3 is 2.20 bits per heavy atom. The van der Waals surface area contributed by atoms with Crippen LogP contribution < -0.4 is 10.6 Å². The van der Waals surface area contributed by atoms with E-state index in [-0.39, 0.29) is 25.0 Å². The van der Waals surface area contributed by atoms with E-state index in [1.54, 1.807) is 0 Å². The van der Waals surface area contributed by atoms with Crippen LogP contribution in [0.2, 0.25) is 0 Å². The SMILES string of the molecule is O=C(O)CC[C@H](NC(=O)NC1CCC(O)CC1)C(=O)O. The van der Waals surface area contributed by atoms with Gasteiger partial charge < -0.3 is 26.0 Å². The standard InChI is InChI=1S/C12H20N2O6/c15-8-3-1-7(2-4-8)13-12(20)14-9(11(18)19)5-6-10(16)17/h7-9,15H,1-6H2,(H,16,17)(H,18,19)(H2,13,14,20)/t7?,8?,9-/m0/s1. The summed E-state index contributed by atoms with van der Waals surface area (Å²) in [5, 5.41) is 31.7. The normalized spacial score (nSPS) is 23.6. The molecule has 2 amide bonds. The van der Waals surface area contributed by atoms with Crippen molar-refractivity contribution in [3.8, 4) is 0 Å². The van der Waals surface area contributed by atoms with Gasteiger partial charge in [0.15, 0.2) is 0 Å². The number of aliphatic carboxylic acids is 2. The third-order valence-electron chi connectivity index (χ3n) is 3.28. The molecule has 0 aliphatic heterocycles. The average molecular weight is 288 g/mol. The Bertz CT molecular complexity index is 365. The fourth-order valence-electron chi connectivity index (χ4n) is 2.13. The number of rotatable bonds is 6. The molecular formula is C12H20N2O6. The largest absolute Gasteiger partial charge is 0.481 e. The number of hydrogen-bond acceptors (Lipinski definition) is 4. The molecule has 0 aromatic heterocycles. The van der Waals surface area contributed by atoms with Gasteiger partial charge in [-0.1, -0.05) is 0 Å². The van der Waals surface area contributed by atoms with Crippen molar-refractivity contribution in [2.45, 2.75) is 56.7 Å². The Hall–Kier alpha value is -1.83. The second-order valence-electron chi connectivity index (χ2n) is 4.95. The van der Waals surface area contributed by atoms with Crippen molar-refractivity contribution in [2.24, 2.45) is 0 Å². The van der Waals surface area contributed by atoms with E-state index in [0.717, 1.165) is 0 Å². The first-order chi connectivity index (χ1) is 9.38. The van der Waals surface area contributed by atoms with Crippen molar-refractivity contribution in [1.29, 1.82) is 0 Å². The van der Waals surface area contributed by atoms with Crippen molar-refractivity contribution in [1.82, 2.24) is 10.6 Å². The van der Waals surface area contributed by atoms with E-state index in [4.69, 9.17) is 10.2 Å². The lowest BCUT2D eigenvalue weighted by molar-refractivity contribution is -0.140. The lowest BCUT2D eigenvalue weighted by Gasteiger charge is -2.26. The first kappa shape index (κ1) is 16.2. The van der Waals surface area contributed by atoms with E-state index in [0.29, 0.717) is 25.7 Å². The summed E-state index contributed by atoms with van der Waals surface area (Å²) in [6.07, 6.45) is 1.66. The monoisotopic (exact) mass is 288 g/mol. The summed E-state index contributed by atoms with van der Waals surface area (Å²) in [6.45, 7) is 0. The highest BCUT2D eigenvalue weighted by Crippen LogP contribution is 2.18. The molecule has 5 N–H and O–H groups in total. The van der Waals surface area contributed by atoms with Crippen LogP contribution in [0.15, 0.2) is 0 Å². The first-order valence-corrected chi connectivity index (χ1v) is 6.58. The Labute approximate surface area is 116 Å². The van der Waals surface area contributed by atoms with Gasteiger partial charge in [0.1, 0.15) is 6.04 Å². The Morgan fingerprint density at radius 2 is 1.70 bits per heavy atom. The number of nitrogens with one attached hydrogen (secondary N) is 2. The molecule has 1 aliphatic rings. The predicted octanol–water partition coefficient (Wildman–Crippen LogP) is -0.0929. The summed E-state index contributed by atoms with van der Waals surface area (Å²) >= 11 is 0. The fraction of sp³-hybridized carbons (Fsp3) is 0.750. The number of carbonyl (C=O) groups excluding carboxylic acids is 1. The molecule has 114 valence electrons. The maximum atomic E-state index is 11.7. The molecule has 1 rings (SSSR count). The third-order valence-corrected chi connectivity index (χ3v) is 3.28. The van der Waals surface area contributed by atoms with Crippen molar-refractivity contribution in [3.63, 3.8) is 0 Å². The predicted molar refractivity (Wildman–Crippen MR) is 68.2 cm³/mol. The van der Waals surface area contributed by atoms with Gasteiger partial charge in [0, 0.05) is 12.5 Å². The van der Waals surface area contributed by atoms with Crippen LogP contribution in [-0.4, -0.2) is 51.5 Å². The second kappa shape index (κ2) is 7.68. The molecule has 1 atom stereocenters. The highest BCUT2D eigenvalue weighted by atomic mass is 16.4. The van der Waals surface area contributed by atoms with Crippen LogP contribution >= 0.6 is 0 Å². The zero-order chi connectivity index (χ0) is 15.1. The Morgan fingerprint density at radius 1 is 1.10 bits per heavy atom. The van der Waals surface area contributed by atoms with Crippen LogP contribution in [0, 0.1) is 0 Å². The van der Waals surface area contributed by atoms with Gasteiger partial charge >= 0.3 is 18.0 Å². The summed E-state index contributed by atoms with van der Waals surface area (Å²) in [5.41, 5.74) is 0. The van der Waals surface area contributed by atoms with Gasteiger partial charge in [-0.05, 0) is 32.1 Å². The molecule has 8 heteroatoms. The lowest BCUT2D eigenvalue weighted by atomic mass is 9.93. The number of carboxylic acids is 2. The lowest BCUT2D eigenvalue weighted by Crippen LogP contribution is -2.50. The van der Waals surface area contributed by atoms with Crippen LogP contribution in [-0.2, 0) is 9.59 Å². The number of urea groups is 1. The second-order valence-corrected chi connectivity index (χ2v) is 4.95. The number of aliphatic hydroxyl groups excluding tert-OH is 1. The summed E-state index contributed by atoms with van der Waals surface area (Å²) < 4.78 is 0. The maximum Gasteiger partial charge on any atom is 0.326 e. The van der Waals surface area contributed by atoms with Crippen LogP contribution in [0.4, 0.5) is 4.79 Å². The molecule has 8 nitrogen and oxygen atoms in total. The van der Waals surface area contributed by atoms with Crippen molar-refractivity contribution < 1.29 is 29.7 Å². The Kier molecular flexibility index (Phi) is 6.23. The van der Waals surface area contributed by atoms with Crippen LogP contribution in [0.25, 0.3) is 0 Å². The molecule has 20 heavy (non-hydrogen) atoms.